The van der Waals surface area contributed by atoms with E-state index in [-0.39, 0.29) is 5.82 Å². The molecule has 0 atom stereocenters. The molecule has 0 radical (unpaired) electrons. The Morgan fingerprint density at radius 1 is 1.17 bits per heavy atom. The van der Waals surface area contributed by atoms with E-state index in [9.17, 15) is 4.39 Å². The van der Waals surface area contributed by atoms with Crippen molar-refractivity contribution in [1.82, 2.24) is 15.2 Å². The zero-order valence-electron chi connectivity index (χ0n) is 9.47. The van der Waals surface area contributed by atoms with Gasteiger partial charge in [-0.25, -0.2) is 4.39 Å². The number of H-pyrrole nitrogens is 1. The second-order valence-corrected chi connectivity index (χ2v) is 3.92. The molecule has 0 bridgehead atoms. The number of pyridine rings is 1. The molecule has 1 N–H and O–H groups in total. The summed E-state index contributed by atoms with van der Waals surface area (Å²) in [7, 11) is 0. The molecule has 1 aromatic carbocycles. The zero-order chi connectivity index (χ0) is 12.4. The Hall–Kier alpha value is -2.49. The molecule has 0 amide bonds. The number of fused-ring (bicyclic) bond motifs is 1. The predicted molar refractivity (Wildman–Crippen MR) is 69.2 cm³/mol. The van der Waals surface area contributed by atoms with E-state index >= 15 is 0 Å². The molecule has 2 heterocycles. The fourth-order valence-corrected chi connectivity index (χ4v) is 1.79. The van der Waals surface area contributed by atoms with Gasteiger partial charge in [-0.2, -0.15) is 5.10 Å². The summed E-state index contributed by atoms with van der Waals surface area (Å²) in [6.45, 7) is 0. The molecule has 0 spiro atoms. The van der Waals surface area contributed by atoms with Crippen LogP contribution in [0.25, 0.3) is 23.1 Å². The molecule has 0 saturated carbocycles. The van der Waals surface area contributed by atoms with Gasteiger partial charge in [0.25, 0.3) is 0 Å². The maximum atomic E-state index is 13.0. The van der Waals surface area contributed by atoms with Crippen molar-refractivity contribution >= 4 is 23.1 Å². The van der Waals surface area contributed by atoms with Crippen LogP contribution in [-0.2, 0) is 0 Å². The van der Waals surface area contributed by atoms with Gasteiger partial charge in [-0.3, -0.25) is 10.1 Å². The number of benzene rings is 1. The molecule has 0 saturated heterocycles. The Bertz CT molecular complexity index is 701. The van der Waals surface area contributed by atoms with Crippen LogP contribution in [0, 0.1) is 5.82 Å². The third kappa shape index (κ3) is 2.00. The molecule has 18 heavy (non-hydrogen) atoms. The van der Waals surface area contributed by atoms with Crippen molar-refractivity contribution in [1.29, 1.82) is 0 Å². The van der Waals surface area contributed by atoms with Gasteiger partial charge in [-0.05, 0) is 35.9 Å². The van der Waals surface area contributed by atoms with E-state index in [1.54, 1.807) is 18.5 Å². The lowest BCUT2D eigenvalue weighted by molar-refractivity contribution is 0.629. The van der Waals surface area contributed by atoms with Gasteiger partial charge >= 0.3 is 0 Å². The molecule has 0 unspecified atom stereocenters. The van der Waals surface area contributed by atoms with Gasteiger partial charge < -0.3 is 0 Å². The van der Waals surface area contributed by atoms with Gasteiger partial charge in [0.15, 0.2) is 0 Å². The number of hydrogen-bond acceptors (Lipinski definition) is 2. The molecule has 0 aliphatic rings. The van der Waals surface area contributed by atoms with Gasteiger partial charge in [0.1, 0.15) is 5.82 Å². The number of nitrogens with zero attached hydrogens (tertiary/aromatic N) is 2. The van der Waals surface area contributed by atoms with Crippen LogP contribution in [0.3, 0.4) is 0 Å². The first-order valence-electron chi connectivity index (χ1n) is 5.55. The predicted octanol–water partition coefficient (Wildman–Crippen LogP) is 3.27. The van der Waals surface area contributed by atoms with Crippen molar-refractivity contribution in [3.05, 3.63) is 59.8 Å². The fourth-order valence-electron chi connectivity index (χ4n) is 1.79. The summed E-state index contributed by atoms with van der Waals surface area (Å²) in [6, 6.07) is 8.41. The highest BCUT2D eigenvalue weighted by molar-refractivity contribution is 5.89. The van der Waals surface area contributed by atoms with Crippen LogP contribution in [0.5, 0.6) is 0 Å². The molecular weight excluding hydrogens is 229 g/mol. The number of rotatable bonds is 2. The van der Waals surface area contributed by atoms with E-state index in [2.05, 4.69) is 15.2 Å². The number of hydrogen-bond donors (Lipinski definition) is 1. The van der Waals surface area contributed by atoms with E-state index in [4.69, 9.17) is 0 Å². The second kappa shape index (κ2) is 4.41. The minimum atomic E-state index is -0.270. The third-order valence-electron chi connectivity index (χ3n) is 2.67. The van der Waals surface area contributed by atoms with Crippen molar-refractivity contribution in [2.24, 2.45) is 0 Å². The summed E-state index contributed by atoms with van der Waals surface area (Å²) >= 11 is 0. The minimum absolute atomic E-state index is 0.270. The number of nitrogens with one attached hydrogen (secondary N) is 1. The quantitative estimate of drug-likeness (QED) is 0.745. The summed E-state index contributed by atoms with van der Waals surface area (Å²) in [4.78, 5) is 4.03. The van der Waals surface area contributed by atoms with Crippen molar-refractivity contribution in [3.63, 3.8) is 0 Å². The summed E-state index contributed by atoms with van der Waals surface area (Å²) in [6.07, 6.45) is 7.30. The SMILES string of the molecule is Fc1ccc2c(/C=C/c3cccnc3)n[nH]c2c1. The molecule has 3 aromatic rings. The highest BCUT2D eigenvalue weighted by Gasteiger charge is 2.03. The van der Waals surface area contributed by atoms with Crippen molar-refractivity contribution < 1.29 is 4.39 Å². The number of halogens is 1. The van der Waals surface area contributed by atoms with Crippen LogP contribution in [0.15, 0.2) is 42.7 Å². The average Bonchev–Trinajstić information content (AvgIpc) is 2.80. The first kappa shape index (κ1) is 10.7. The zero-order valence-corrected chi connectivity index (χ0v) is 9.47. The van der Waals surface area contributed by atoms with E-state index in [1.807, 2.05) is 24.3 Å². The highest BCUT2D eigenvalue weighted by Crippen LogP contribution is 2.18. The van der Waals surface area contributed by atoms with Crippen molar-refractivity contribution in [2.75, 3.05) is 0 Å². The summed E-state index contributed by atoms with van der Waals surface area (Å²) in [5.74, 6) is -0.270. The molecule has 0 aliphatic carbocycles. The summed E-state index contributed by atoms with van der Waals surface area (Å²) in [5, 5.41) is 7.86. The minimum Gasteiger partial charge on any atom is -0.277 e. The highest BCUT2D eigenvalue weighted by atomic mass is 19.1. The summed E-state index contributed by atoms with van der Waals surface area (Å²) in [5.41, 5.74) is 2.48. The first-order valence-corrected chi connectivity index (χ1v) is 5.55. The topological polar surface area (TPSA) is 41.6 Å². The Balaban J connectivity index is 1.98. The Morgan fingerprint density at radius 2 is 2.11 bits per heavy atom. The van der Waals surface area contributed by atoms with E-state index in [1.165, 1.54) is 12.1 Å². The molecular formula is C14H10FN3. The maximum absolute atomic E-state index is 13.0. The third-order valence-corrected chi connectivity index (χ3v) is 2.67. The van der Waals surface area contributed by atoms with Crippen LogP contribution < -0.4 is 0 Å². The molecule has 88 valence electrons. The normalized spacial score (nSPS) is 11.4. The molecule has 3 rings (SSSR count). The van der Waals surface area contributed by atoms with Gasteiger partial charge in [0, 0.05) is 17.8 Å². The monoisotopic (exact) mass is 239 g/mol. The molecule has 0 fully saturated rings. The Labute approximate surface area is 103 Å². The first-order chi connectivity index (χ1) is 8.83. The number of aromatic nitrogens is 3. The largest absolute Gasteiger partial charge is 0.277 e. The van der Waals surface area contributed by atoms with Crippen LogP contribution >= 0.6 is 0 Å². The molecule has 4 heteroatoms. The van der Waals surface area contributed by atoms with E-state index in [0.29, 0.717) is 5.52 Å². The van der Waals surface area contributed by atoms with Crippen molar-refractivity contribution in [2.45, 2.75) is 0 Å². The van der Waals surface area contributed by atoms with Crippen LogP contribution in [0.4, 0.5) is 4.39 Å². The van der Waals surface area contributed by atoms with E-state index in [0.717, 1.165) is 16.6 Å². The van der Waals surface area contributed by atoms with Gasteiger partial charge in [0.05, 0.1) is 11.2 Å². The van der Waals surface area contributed by atoms with E-state index < -0.39 is 0 Å². The molecule has 2 aromatic heterocycles. The Morgan fingerprint density at radius 3 is 2.94 bits per heavy atom. The molecule has 0 aliphatic heterocycles. The van der Waals surface area contributed by atoms with Gasteiger partial charge in [-0.15, -0.1) is 0 Å². The fraction of sp³-hybridized carbons (Fsp3) is 0. The second-order valence-electron chi connectivity index (χ2n) is 3.92. The maximum Gasteiger partial charge on any atom is 0.125 e. The lowest BCUT2D eigenvalue weighted by Crippen LogP contribution is -1.76. The molecule has 3 nitrogen and oxygen atoms in total. The smallest absolute Gasteiger partial charge is 0.125 e. The van der Waals surface area contributed by atoms with Gasteiger partial charge in [-0.1, -0.05) is 12.1 Å². The summed E-state index contributed by atoms with van der Waals surface area (Å²) < 4.78 is 13.0. The number of aromatic amines is 1. The average molecular weight is 239 g/mol. The van der Waals surface area contributed by atoms with Crippen LogP contribution in [0.2, 0.25) is 0 Å². The van der Waals surface area contributed by atoms with Crippen LogP contribution in [0.1, 0.15) is 11.3 Å². The van der Waals surface area contributed by atoms with Crippen LogP contribution in [-0.4, -0.2) is 15.2 Å². The van der Waals surface area contributed by atoms with Gasteiger partial charge in [0.2, 0.25) is 0 Å². The standard InChI is InChI=1S/C14H10FN3/c15-11-4-5-12-13(17-18-14(12)8-11)6-3-10-2-1-7-16-9-10/h1-9H,(H,17,18)/b6-3+. The lowest BCUT2D eigenvalue weighted by atomic mass is 10.2. The Kier molecular flexibility index (Phi) is 2.61. The van der Waals surface area contributed by atoms with Crippen molar-refractivity contribution in [3.8, 4) is 0 Å². The lowest BCUT2D eigenvalue weighted by Gasteiger charge is -1.91.